The van der Waals surface area contributed by atoms with E-state index >= 15 is 0 Å². The second-order valence-electron chi connectivity index (χ2n) is 4.80. The molecule has 2 aromatic rings. The fourth-order valence-electron chi connectivity index (χ4n) is 1.70. The quantitative estimate of drug-likeness (QED) is 0.937. The molecule has 0 spiro atoms. The van der Waals surface area contributed by atoms with Gasteiger partial charge >= 0.3 is 0 Å². The maximum Gasteiger partial charge on any atom is 0.228 e. The number of nitrogens with one attached hydrogen (secondary N) is 1. The van der Waals surface area contributed by atoms with Gasteiger partial charge < -0.3 is 5.32 Å². The highest BCUT2D eigenvalue weighted by Gasteiger charge is 2.20. The van der Waals surface area contributed by atoms with Crippen LogP contribution in [0.2, 0.25) is 10.6 Å². The van der Waals surface area contributed by atoms with Gasteiger partial charge in [-0.15, -0.1) is 0 Å². The van der Waals surface area contributed by atoms with Gasteiger partial charge in [0.05, 0.1) is 0 Å². The first-order valence-corrected chi connectivity index (χ1v) is 6.59. The molecular weight excluding hydrogens is 283 g/mol. The lowest BCUT2D eigenvalue weighted by Crippen LogP contribution is -2.28. The minimum Gasteiger partial charge on any atom is -0.353 e. The van der Waals surface area contributed by atoms with Gasteiger partial charge in [0, 0.05) is 12.0 Å². The van der Waals surface area contributed by atoms with Crippen molar-refractivity contribution in [1.82, 2.24) is 15.0 Å². The molecule has 19 heavy (non-hydrogen) atoms. The van der Waals surface area contributed by atoms with Crippen LogP contribution in [0.4, 0.5) is 5.95 Å². The molecule has 0 aliphatic rings. The van der Waals surface area contributed by atoms with Crippen molar-refractivity contribution in [3.05, 3.63) is 46.5 Å². The largest absolute Gasteiger partial charge is 0.353 e. The molecule has 0 atom stereocenters. The Morgan fingerprint density at radius 2 is 1.58 bits per heavy atom. The molecule has 0 bridgehead atoms. The van der Waals surface area contributed by atoms with Gasteiger partial charge in [-0.25, -0.2) is 0 Å². The maximum absolute atomic E-state index is 5.73. The summed E-state index contributed by atoms with van der Waals surface area (Å²) in [4.78, 5) is 11.7. The van der Waals surface area contributed by atoms with Crippen LogP contribution in [0.3, 0.4) is 0 Å². The number of aromatic nitrogens is 3. The van der Waals surface area contributed by atoms with Crippen LogP contribution >= 0.6 is 23.2 Å². The van der Waals surface area contributed by atoms with Crippen molar-refractivity contribution < 1.29 is 0 Å². The van der Waals surface area contributed by atoms with E-state index in [0.717, 1.165) is 0 Å². The Hall–Kier alpha value is -1.39. The predicted octanol–water partition coefficient (Wildman–Crippen LogP) is 3.57. The van der Waals surface area contributed by atoms with E-state index < -0.39 is 0 Å². The summed E-state index contributed by atoms with van der Waals surface area (Å²) in [6, 6.07) is 10.2. The summed E-state index contributed by atoms with van der Waals surface area (Å²) in [5.74, 6) is 0.383. The molecule has 4 nitrogen and oxygen atoms in total. The molecule has 0 amide bonds. The molecule has 0 aliphatic carbocycles. The molecule has 0 unspecified atom stereocenters. The fourth-order valence-corrected chi connectivity index (χ4v) is 2.06. The topological polar surface area (TPSA) is 50.7 Å². The third-order valence-electron chi connectivity index (χ3n) is 2.82. The molecule has 1 N–H and O–H groups in total. The monoisotopic (exact) mass is 296 g/mol. The predicted molar refractivity (Wildman–Crippen MR) is 77.8 cm³/mol. The van der Waals surface area contributed by atoms with Crippen molar-refractivity contribution in [2.75, 3.05) is 11.9 Å². The molecular formula is C13H14Cl2N4. The molecule has 1 heterocycles. The van der Waals surface area contributed by atoms with E-state index in [0.29, 0.717) is 12.5 Å². The first-order chi connectivity index (χ1) is 8.97. The molecule has 0 saturated carbocycles. The van der Waals surface area contributed by atoms with Crippen molar-refractivity contribution in [1.29, 1.82) is 0 Å². The molecule has 1 aromatic carbocycles. The molecule has 1 aromatic heterocycles. The second-order valence-corrected chi connectivity index (χ2v) is 5.48. The molecule has 2 rings (SSSR count). The van der Waals surface area contributed by atoms with E-state index in [-0.39, 0.29) is 16.0 Å². The molecule has 0 radical (unpaired) electrons. The maximum atomic E-state index is 5.73. The van der Waals surface area contributed by atoms with E-state index in [1.54, 1.807) is 0 Å². The molecule has 0 fully saturated rings. The molecule has 0 aliphatic heterocycles. The van der Waals surface area contributed by atoms with Crippen molar-refractivity contribution in [2.24, 2.45) is 0 Å². The Bertz CT molecular complexity index is 538. The number of hydrogen-bond acceptors (Lipinski definition) is 4. The van der Waals surface area contributed by atoms with Gasteiger partial charge in [0.1, 0.15) is 0 Å². The number of halogens is 2. The van der Waals surface area contributed by atoms with Gasteiger partial charge in [-0.05, 0) is 28.8 Å². The average molecular weight is 297 g/mol. The van der Waals surface area contributed by atoms with Gasteiger partial charge in [-0.1, -0.05) is 44.2 Å². The number of rotatable bonds is 4. The number of nitrogens with zero attached hydrogens (tertiary/aromatic N) is 3. The van der Waals surface area contributed by atoms with Crippen LogP contribution in [-0.4, -0.2) is 21.5 Å². The summed E-state index contributed by atoms with van der Waals surface area (Å²) >= 11 is 11.5. The zero-order chi connectivity index (χ0) is 13.9. The van der Waals surface area contributed by atoms with Crippen LogP contribution in [0, 0.1) is 0 Å². The van der Waals surface area contributed by atoms with Crippen LogP contribution in [0.25, 0.3) is 0 Å². The van der Waals surface area contributed by atoms with Gasteiger partial charge in [0.2, 0.25) is 16.5 Å². The average Bonchev–Trinajstić information content (AvgIpc) is 2.37. The van der Waals surface area contributed by atoms with Crippen molar-refractivity contribution >= 4 is 29.2 Å². The van der Waals surface area contributed by atoms with Crippen molar-refractivity contribution in [3.63, 3.8) is 0 Å². The Balaban J connectivity index is 2.09. The van der Waals surface area contributed by atoms with Crippen molar-refractivity contribution in [2.45, 2.75) is 19.3 Å². The summed E-state index contributed by atoms with van der Waals surface area (Å²) in [7, 11) is 0. The minimum atomic E-state index is -0.0627. The molecule has 100 valence electrons. The molecule has 0 saturated heterocycles. The van der Waals surface area contributed by atoms with Gasteiger partial charge in [-0.3, -0.25) is 0 Å². The van der Waals surface area contributed by atoms with E-state index in [1.807, 2.05) is 18.2 Å². The Morgan fingerprint density at radius 3 is 2.16 bits per heavy atom. The van der Waals surface area contributed by atoms with E-state index in [1.165, 1.54) is 5.56 Å². The standard InChI is InChI=1S/C13H14Cl2N4/c1-13(2,9-6-4-3-5-7-9)8-16-12-18-10(14)17-11(15)19-12/h3-7H,8H2,1-2H3,(H,16,17,18,19). The summed E-state index contributed by atoms with van der Waals surface area (Å²) < 4.78 is 0. The highest BCUT2D eigenvalue weighted by Crippen LogP contribution is 2.23. The lowest BCUT2D eigenvalue weighted by Gasteiger charge is -2.25. The van der Waals surface area contributed by atoms with E-state index in [4.69, 9.17) is 23.2 Å². The highest BCUT2D eigenvalue weighted by molar-refractivity contribution is 6.31. The molecule has 6 heteroatoms. The fraction of sp³-hybridized carbons (Fsp3) is 0.308. The first-order valence-electron chi connectivity index (χ1n) is 5.84. The first kappa shape index (κ1) is 14.0. The van der Waals surface area contributed by atoms with Crippen LogP contribution in [0.5, 0.6) is 0 Å². The zero-order valence-electron chi connectivity index (χ0n) is 10.7. The van der Waals surface area contributed by atoms with Gasteiger partial charge in [0.25, 0.3) is 0 Å². The SMILES string of the molecule is CC(C)(CNc1nc(Cl)nc(Cl)n1)c1ccccc1. The number of anilines is 1. The second kappa shape index (κ2) is 5.72. The van der Waals surface area contributed by atoms with Crippen LogP contribution in [0.1, 0.15) is 19.4 Å². The lowest BCUT2D eigenvalue weighted by atomic mass is 9.85. The van der Waals surface area contributed by atoms with E-state index in [2.05, 4.69) is 46.2 Å². The third-order valence-corrected chi connectivity index (χ3v) is 3.16. The number of hydrogen-bond donors (Lipinski definition) is 1. The normalized spacial score (nSPS) is 11.4. The van der Waals surface area contributed by atoms with Crippen LogP contribution < -0.4 is 5.32 Å². The lowest BCUT2D eigenvalue weighted by molar-refractivity contribution is 0.555. The van der Waals surface area contributed by atoms with E-state index in [9.17, 15) is 0 Å². The summed E-state index contributed by atoms with van der Waals surface area (Å²) in [6.45, 7) is 4.94. The Labute approximate surface area is 122 Å². The summed E-state index contributed by atoms with van der Waals surface area (Å²) in [6.07, 6.45) is 0. The van der Waals surface area contributed by atoms with Gasteiger partial charge in [-0.2, -0.15) is 15.0 Å². The minimum absolute atomic E-state index is 0.0627. The number of benzene rings is 1. The summed E-state index contributed by atoms with van der Waals surface area (Å²) in [5, 5.41) is 3.30. The van der Waals surface area contributed by atoms with Crippen LogP contribution in [-0.2, 0) is 5.41 Å². The van der Waals surface area contributed by atoms with Gasteiger partial charge in [0.15, 0.2) is 0 Å². The van der Waals surface area contributed by atoms with Crippen molar-refractivity contribution in [3.8, 4) is 0 Å². The smallest absolute Gasteiger partial charge is 0.228 e. The third kappa shape index (κ3) is 3.78. The van der Waals surface area contributed by atoms with Crippen LogP contribution in [0.15, 0.2) is 30.3 Å². The summed E-state index contributed by atoms with van der Waals surface area (Å²) in [5.41, 5.74) is 1.17. The Kier molecular flexibility index (Phi) is 4.22. The highest BCUT2D eigenvalue weighted by atomic mass is 35.5. The zero-order valence-corrected chi connectivity index (χ0v) is 12.2. The Morgan fingerprint density at radius 1 is 1.00 bits per heavy atom.